The fourth-order valence-electron chi connectivity index (χ4n) is 1.41. The van der Waals surface area contributed by atoms with E-state index in [2.05, 4.69) is 12.2 Å². The van der Waals surface area contributed by atoms with Crippen LogP contribution in [0.3, 0.4) is 0 Å². The molecular weight excluding hydrogens is 204 g/mol. The molecule has 0 radical (unpaired) electrons. The van der Waals surface area contributed by atoms with Gasteiger partial charge in [-0.05, 0) is 19.8 Å². The molecule has 1 N–H and O–H groups in total. The van der Waals surface area contributed by atoms with Crippen molar-refractivity contribution in [2.45, 2.75) is 53.0 Å². The lowest BCUT2D eigenvalue weighted by Crippen LogP contribution is -2.44. The SMILES string of the molecule is CCCCNC(=O)CN(C(C)=O)C(C)CC. The fourth-order valence-corrected chi connectivity index (χ4v) is 1.41. The number of nitrogens with zero attached hydrogens (tertiary/aromatic N) is 1. The van der Waals surface area contributed by atoms with Crippen LogP contribution in [0.4, 0.5) is 0 Å². The van der Waals surface area contributed by atoms with Crippen LogP contribution in [0.25, 0.3) is 0 Å². The van der Waals surface area contributed by atoms with Gasteiger partial charge in [-0.25, -0.2) is 0 Å². The predicted octanol–water partition coefficient (Wildman–Crippen LogP) is 1.55. The summed E-state index contributed by atoms with van der Waals surface area (Å²) < 4.78 is 0. The Balaban J connectivity index is 4.09. The normalized spacial score (nSPS) is 12.0. The van der Waals surface area contributed by atoms with Gasteiger partial charge in [-0.15, -0.1) is 0 Å². The number of unbranched alkanes of at least 4 members (excludes halogenated alkanes) is 1. The Morgan fingerprint density at radius 3 is 2.38 bits per heavy atom. The van der Waals surface area contributed by atoms with Gasteiger partial charge < -0.3 is 10.2 Å². The summed E-state index contributed by atoms with van der Waals surface area (Å²) in [5, 5.41) is 2.82. The molecule has 0 saturated carbocycles. The molecule has 0 aliphatic carbocycles. The Morgan fingerprint density at radius 1 is 1.31 bits per heavy atom. The zero-order chi connectivity index (χ0) is 12.6. The van der Waals surface area contributed by atoms with E-state index in [0.717, 1.165) is 19.3 Å². The lowest BCUT2D eigenvalue weighted by Gasteiger charge is -2.26. The molecule has 94 valence electrons. The van der Waals surface area contributed by atoms with Crippen LogP contribution in [0.5, 0.6) is 0 Å². The standard InChI is InChI=1S/C12H24N2O2/c1-5-7-8-13-12(16)9-14(11(4)15)10(3)6-2/h10H,5-9H2,1-4H3,(H,13,16). The van der Waals surface area contributed by atoms with E-state index >= 15 is 0 Å². The second-order valence-corrected chi connectivity index (χ2v) is 4.11. The average molecular weight is 228 g/mol. The van der Waals surface area contributed by atoms with E-state index in [1.807, 2.05) is 13.8 Å². The van der Waals surface area contributed by atoms with Gasteiger partial charge in [-0.2, -0.15) is 0 Å². The van der Waals surface area contributed by atoms with Gasteiger partial charge in [0.25, 0.3) is 0 Å². The summed E-state index contributed by atoms with van der Waals surface area (Å²) in [6.07, 6.45) is 2.90. The number of nitrogens with one attached hydrogen (secondary N) is 1. The van der Waals surface area contributed by atoms with Crippen LogP contribution in [0, 0.1) is 0 Å². The highest BCUT2D eigenvalue weighted by atomic mass is 16.2. The Bertz CT molecular complexity index is 229. The van der Waals surface area contributed by atoms with Gasteiger partial charge in [0, 0.05) is 19.5 Å². The predicted molar refractivity (Wildman–Crippen MR) is 65.1 cm³/mol. The van der Waals surface area contributed by atoms with Gasteiger partial charge in [0.15, 0.2) is 0 Å². The number of hydrogen-bond donors (Lipinski definition) is 1. The van der Waals surface area contributed by atoms with Crippen molar-refractivity contribution in [3.8, 4) is 0 Å². The van der Waals surface area contributed by atoms with E-state index in [1.165, 1.54) is 6.92 Å². The summed E-state index contributed by atoms with van der Waals surface area (Å²) in [6.45, 7) is 8.42. The first-order valence-electron chi connectivity index (χ1n) is 6.06. The molecule has 4 heteroatoms. The zero-order valence-electron chi connectivity index (χ0n) is 10.9. The quantitative estimate of drug-likeness (QED) is 0.672. The molecule has 4 nitrogen and oxygen atoms in total. The highest BCUT2D eigenvalue weighted by Gasteiger charge is 2.17. The van der Waals surface area contributed by atoms with Crippen molar-refractivity contribution in [3.05, 3.63) is 0 Å². The third-order valence-corrected chi connectivity index (χ3v) is 2.69. The number of rotatable bonds is 7. The van der Waals surface area contributed by atoms with E-state index in [-0.39, 0.29) is 24.4 Å². The molecule has 0 aromatic heterocycles. The molecule has 0 aromatic carbocycles. The van der Waals surface area contributed by atoms with Crippen molar-refractivity contribution in [1.82, 2.24) is 10.2 Å². The van der Waals surface area contributed by atoms with Crippen LogP contribution in [0.2, 0.25) is 0 Å². The van der Waals surface area contributed by atoms with Crippen molar-refractivity contribution < 1.29 is 9.59 Å². The van der Waals surface area contributed by atoms with Crippen LogP contribution in [0.1, 0.15) is 47.0 Å². The summed E-state index contributed by atoms with van der Waals surface area (Å²) >= 11 is 0. The lowest BCUT2D eigenvalue weighted by molar-refractivity contribution is -0.136. The maximum Gasteiger partial charge on any atom is 0.239 e. The second kappa shape index (κ2) is 8.13. The Morgan fingerprint density at radius 2 is 1.94 bits per heavy atom. The largest absolute Gasteiger partial charge is 0.355 e. The van der Waals surface area contributed by atoms with Crippen LogP contribution >= 0.6 is 0 Å². The molecule has 0 aliphatic heterocycles. The number of hydrogen-bond acceptors (Lipinski definition) is 2. The van der Waals surface area contributed by atoms with Crippen LogP contribution in [-0.4, -0.2) is 35.8 Å². The molecule has 0 fully saturated rings. The van der Waals surface area contributed by atoms with Gasteiger partial charge in [-0.1, -0.05) is 20.3 Å². The molecule has 0 rings (SSSR count). The second-order valence-electron chi connectivity index (χ2n) is 4.11. The molecule has 0 heterocycles. The van der Waals surface area contributed by atoms with Gasteiger partial charge >= 0.3 is 0 Å². The van der Waals surface area contributed by atoms with Crippen molar-refractivity contribution in [2.24, 2.45) is 0 Å². The first-order chi connectivity index (χ1) is 7.52. The maximum atomic E-state index is 11.5. The summed E-state index contributed by atoms with van der Waals surface area (Å²) in [5.74, 6) is -0.107. The lowest BCUT2D eigenvalue weighted by atomic mass is 10.2. The number of amides is 2. The Labute approximate surface area is 98.4 Å². The molecule has 16 heavy (non-hydrogen) atoms. The van der Waals surface area contributed by atoms with Crippen molar-refractivity contribution >= 4 is 11.8 Å². The Hall–Kier alpha value is -1.06. The molecule has 0 spiro atoms. The van der Waals surface area contributed by atoms with Gasteiger partial charge in [0.2, 0.25) is 11.8 Å². The van der Waals surface area contributed by atoms with Crippen molar-refractivity contribution in [2.75, 3.05) is 13.1 Å². The molecule has 2 amide bonds. The average Bonchev–Trinajstić information content (AvgIpc) is 2.25. The van der Waals surface area contributed by atoms with Gasteiger partial charge in [-0.3, -0.25) is 9.59 Å². The van der Waals surface area contributed by atoms with Crippen molar-refractivity contribution in [3.63, 3.8) is 0 Å². The highest BCUT2D eigenvalue weighted by molar-refractivity contribution is 5.83. The molecule has 1 atom stereocenters. The van der Waals surface area contributed by atoms with E-state index in [1.54, 1.807) is 4.90 Å². The van der Waals surface area contributed by atoms with Crippen LogP contribution < -0.4 is 5.32 Å². The summed E-state index contributed by atoms with van der Waals surface area (Å²) in [5.41, 5.74) is 0. The fraction of sp³-hybridized carbons (Fsp3) is 0.833. The van der Waals surface area contributed by atoms with E-state index in [0.29, 0.717) is 6.54 Å². The maximum absolute atomic E-state index is 11.5. The first-order valence-corrected chi connectivity index (χ1v) is 6.06. The minimum absolute atomic E-state index is 0.0417. The van der Waals surface area contributed by atoms with Crippen LogP contribution in [-0.2, 0) is 9.59 Å². The van der Waals surface area contributed by atoms with E-state index < -0.39 is 0 Å². The van der Waals surface area contributed by atoms with E-state index in [9.17, 15) is 9.59 Å². The third kappa shape index (κ3) is 5.73. The van der Waals surface area contributed by atoms with Crippen LogP contribution in [0.15, 0.2) is 0 Å². The summed E-state index contributed by atoms with van der Waals surface area (Å²) in [4.78, 5) is 24.5. The molecule has 1 unspecified atom stereocenters. The zero-order valence-corrected chi connectivity index (χ0v) is 10.9. The van der Waals surface area contributed by atoms with Crippen molar-refractivity contribution in [1.29, 1.82) is 0 Å². The van der Waals surface area contributed by atoms with Gasteiger partial charge in [0.05, 0.1) is 6.54 Å². The number of carbonyl (C=O) groups excluding carboxylic acids is 2. The monoisotopic (exact) mass is 228 g/mol. The smallest absolute Gasteiger partial charge is 0.239 e. The highest BCUT2D eigenvalue weighted by Crippen LogP contribution is 2.03. The molecule has 0 saturated heterocycles. The first kappa shape index (κ1) is 14.9. The number of carbonyl (C=O) groups is 2. The minimum atomic E-state index is -0.0658. The summed E-state index contributed by atoms with van der Waals surface area (Å²) in [7, 11) is 0. The topological polar surface area (TPSA) is 49.4 Å². The minimum Gasteiger partial charge on any atom is -0.355 e. The molecular formula is C12H24N2O2. The Kier molecular flexibility index (Phi) is 7.60. The molecule has 0 bridgehead atoms. The van der Waals surface area contributed by atoms with Gasteiger partial charge in [0.1, 0.15) is 0 Å². The molecule has 0 aliphatic rings. The van der Waals surface area contributed by atoms with E-state index in [4.69, 9.17) is 0 Å². The summed E-state index contributed by atoms with van der Waals surface area (Å²) in [6, 6.07) is 0.120. The third-order valence-electron chi connectivity index (χ3n) is 2.69. The molecule has 0 aromatic rings.